The lowest BCUT2D eigenvalue weighted by molar-refractivity contribution is -0.160. The fraction of sp³-hybridized carbons (Fsp3) is 0.323. The number of benzene rings is 3. The molecule has 0 amide bonds. The Kier molecular flexibility index (Phi) is 6.49. The zero-order valence-corrected chi connectivity index (χ0v) is 21.6. The second-order valence-electron chi connectivity index (χ2n) is 10.1. The first-order valence-electron chi connectivity index (χ1n) is 12.6. The van der Waals surface area contributed by atoms with Gasteiger partial charge in [-0.25, -0.2) is 4.79 Å². The van der Waals surface area contributed by atoms with Gasteiger partial charge in [0.05, 0.1) is 25.2 Å². The van der Waals surface area contributed by atoms with Crippen LogP contribution in [0.4, 0.5) is 18.9 Å². The standard InChI is InChI=1S/C31H30F3NO3/c1-29(23-7-4-21(5-8-23)6-15-28(36)38-3)27-14-13-26(37-2)20-22(27)16-19-35(29)25-11-9-24(10-12-25)30(17-18-30)31(32,33)34/h4-15,20H,16-19H2,1-3H3/b15-6+. The van der Waals surface area contributed by atoms with Gasteiger partial charge in [0.2, 0.25) is 0 Å². The summed E-state index contributed by atoms with van der Waals surface area (Å²) in [6, 6.07) is 20.9. The summed E-state index contributed by atoms with van der Waals surface area (Å²) >= 11 is 0. The summed E-state index contributed by atoms with van der Waals surface area (Å²) < 4.78 is 51.3. The molecule has 38 heavy (non-hydrogen) atoms. The molecule has 3 aromatic rings. The Bertz CT molecular complexity index is 1360. The fourth-order valence-electron chi connectivity index (χ4n) is 5.65. The summed E-state index contributed by atoms with van der Waals surface area (Å²) in [6.07, 6.45) is -0.109. The molecule has 0 N–H and O–H groups in total. The molecule has 2 aliphatic rings. The molecule has 1 saturated carbocycles. The first-order valence-corrected chi connectivity index (χ1v) is 12.6. The molecule has 1 heterocycles. The van der Waals surface area contributed by atoms with Crippen molar-refractivity contribution in [2.45, 2.75) is 43.3 Å². The molecule has 0 spiro atoms. The van der Waals surface area contributed by atoms with Crippen molar-refractivity contribution in [3.05, 3.63) is 101 Å². The zero-order chi connectivity index (χ0) is 27.1. The van der Waals surface area contributed by atoms with Crippen LogP contribution in [0, 0.1) is 0 Å². The van der Waals surface area contributed by atoms with Crippen molar-refractivity contribution in [2.75, 3.05) is 25.7 Å². The monoisotopic (exact) mass is 521 g/mol. The molecule has 198 valence electrons. The number of anilines is 1. The van der Waals surface area contributed by atoms with Gasteiger partial charge in [0.15, 0.2) is 0 Å². The molecule has 1 fully saturated rings. The SMILES string of the molecule is COC(=O)/C=C/c1ccc(C2(C)c3ccc(OC)cc3CCN2c2ccc(C3(C(F)(F)F)CC3)cc2)cc1. The van der Waals surface area contributed by atoms with Crippen LogP contribution >= 0.6 is 0 Å². The lowest BCUT2D eigenvalue weighted by atomic mass is 9.76. The van der Waals surface area contributed by atoms with Crippen LogP contribution < -0.4 is 9.64 Å². The minimum absolute atomic E-state index is 0.142. The van der Waals surface area contributed by atoms with Crippen molar-refractivity contribution in [2.24, 2.45) is 0 Å². The Morgan fingerprint density at radius 3 is 2.18 bits per heavy atom. The number of hydrogen-bond donors (Lipinski definition) is 0. The molecule has 1 atom stereocenters. The van der Waals surface area contributed by atoms with E-state index in [1.54, 1.807) is 25.3 Å². The molecule has 0 aromatic heterocycles. The smallest absolute Gasteiger partial charge is 0.398 e. The van der Waals surface area contributed by atoms with Gasteiger partial charge in [0.25, 0.3) is 0 Å². The molecule has 4 nitrogen and oxygen atoms in total. The van der Waals surface area contributed by atoms with E-state index in [1.165, 1.54) is 18.7 Å². The molecule has 0 saturated heterocycles. The number of hydrogen-bond acceptors (Lipinski definition) is 4. The van der Waals surface area contributed by atoms with Crippen LogP contribution in [0.2, 0.25) is 0 Å². The molecule has 0 radical (unpaired) electrons. The maximum atomic E-state index is 13.7. The number of alkyl halides is 3. The van der Waals surface area contributed by atoms with E-state index in [0.29, 0.717) is 12.1 Å². The summed E-state index contributed by atoms with van der Waals surface area (Å²) in [4.78, 5) is 13.8. The summed E-state index contributed by atoms with van der Waals surface area (Å²) in [6.45, 7) is 2.83. The van der Waals surface area contributed by atoms with E-state index in [-0.39, 0.29) is 12.8 Å². The summed E-state index contributed by atoms with van der Waals surface area (Å²) in [5, 5.41) is 0. The van der Waals surface area contributed by atoms with E-state index in [1.807, 2.05) is 42.5 Å². The Hall–Kier alpha value is -3.74. The van der Waals surface area contributed by atoms with Crippen molar-refractivity contribution in [1.29, 1.82) is 0 Å². The highest BCUT2D eigenvalue weighted by Crippen LogP contribution is 2.59. The third-order valence-corrected chi connectivity index (χ3v) is 8.09. The van der Waals surface area contributed by atoms with Crippen molar-refractivity contribution in [1.82, 2.24) is 0 Å². The molecule has 1 aliphatic heterocycles. The first-order chi connectivity index (χ1) is 18.1. The number of halogens is 3. The van der Waals surface area contributed by atoms with Gasteiger partial charge in [-0.05, 0) is 84.3 Å². The molecule has 5 rings (SSSR count). The Labute approximate surface area is 220 Å². The topological polar surface area (TPSA) is 38.8 Å². The second-order valence-corrected chi connectivity index (χ2v) is 10.1. The largest absolute Gasteiger partial charge is 0.497 e. The van der Waals surface area contributed by atoms with Crippen molar-refractivity contribution >= 4 is 17.7 Å². The van der Waals surface area contributed by atoms with Crippen LogP contribution in [0.25, 0.3) is 6.08 Å². The molecule has 7 heteroatoms. The maximum absolute atomic E-state index is 13.7. The number of carbonyl (C=O) groups is 1. The number of methoxy groups -OCH3 is 2. The number of rotatable bonds is 6. The number of fused-ring (bicyclic) bond motifs is 1. The van der Waals surface area contributed by atoms with Crippen LogP contribution in [0.3, 0.4) is 0 Å². The van der Waals surface area contributed by atoms with Gasteiger partial charge in [-0.3, -0.25) is 0 Å². The summed E-state index contributed by atoms with van der Waals surface area (Å²) in [5.74, 6) is 0.360. The first kappa shape index (κ1) is 25.9. The Morgan fingerprint density at radius 2 is 1.61 bits per heavy atom. The third kappa shape index (κ3) is 4.34. The predicted molar refractivity (Wildman–Crippen MR) is 141 cm³/mol. The van der Waals surface area contributed by atoms with Gasteiger partial charge < -0.3 is 14.4 Å². The van der Waals surface area contributed by atoms with Gasteiger partial charge in [-0.1, -0.05) is 42.5 Å². The number of carbonyl (C=O) groups excluding carboxylic acids is 1. The average Bonchev–Trinajstić information content (AvgIpc) is 3.75. The van der Waals surface area contributed by atoms with Crippen LogP contribution in [-0.4, -0.2) is 32.9 Å². The highest BCUT2D eigenvalue weighted by molar-refractivity contribution is 5.86. The fourth-order valence-corrected chi connectivity index (χ4v) is 5.65. The average molecular weight is 522 g/mol. The lowest BCUT2D eigenvalue weighted by Crippen LogP contribution is -2.49. The highest BCUT2D eigenvalue weighted by Gasteiger charge is 2.64. The maximum Gasteiger partial charge on any atom is 0.398 e. The molecule has 3 aromatic carbocycles. The van der Waals surface area contributed by atoms with E-state index in [4.69, 9.17) is 4.74 Å². The number of esters is 1. The number of nitrogens with zero attached hydrogens (tertiary/aromatic N) is 1. The van der Waals surface area contributed by atoms with Crippen molar-refractivity contribution in [3.8, 4) is 5.75 Å². The van der Waals surface area contributed by atoms with Crippen molar-refractivity contribution in [3.63, 3.8) is 0 Å². The lowest BCUT2D eigenvalue weighted by Gasteiger charge is -2.48. The van der Waals surface area contributed by atoms with Gasteiger partial charge >= 0.3 is 12.1 Å². The Morgan fingerprint density at radius 1 is 0.947 bits per heavy atom. The van der Waals surface area contributed by atoms with Gasteiger partial charge in [0, 0.05) is 18.3 Å². The van der Waals surface area contributed by atoms with E-state index in [9.17, 15) is 18.0 Å². The molecule has 1 unspecified atom stereocenters. The third-order valence-electron chi connectivity index (χ3n) is 8.09. The molecule has 0 bridgehead atoms. The Balaban J connectivity index is 1.55. The highest BCUT2D eigenvalue weighted by atomic mass is 19.4. The number of ether oxygens (including phenoxy) is 2. The van der Waals surface area contributed by atoms with Crippen molar-refractivity contribution < 1.29 is 27.4 Å². The molecular formula is C31H30F3NO3. The van der Waals surface area contributed by atoms with E-state index >= 15 is 0 Å². The predicted octanol–water partition coefficient (Wildman–Crippen LogP) is 6.80. The van der Waals surface area contributed by atoms with Gasteiger partial charge in [-0.15, -0.1) is 0 Å². The normalized spacial score (nSPS) is 20.2. The minimum atomic E-state index is -4.24. The van der Waals surface area contributed by atoms with Crippen LogP contribution in [0.1, 0.15) is 47.6 Å². The summed E-state index contributed by atoms with van der Waals surface area (Å²) in [5.41, 5.74) is 3.07. The minimum Gasteiger partial charge on any atom is -0.497 e. The molecule has 1 aliphatic carbocycles. The van der Waals surface area contributed by atoms with Crippen LogP contribution in [0.5, 0.6) is 5.75 Å². The van der Waals surface area contributed by atoms with Crippen LogP contribution in [-0.2, 0) is 26.9 Å². The summed E-state index contributed by atoms with van der Waals surface area (Å²) in [7, 11) is 2.98. The van der Waals surface area contributed by atoms with Crippen LogP contribution in [0.15, 0.2) is 72.8 Å². The van der Waals surface area contributed by atoms with E-state index in [2.05, 4.69) is 28.7 Å². The van der Waals surface area contributed by atoms with Gasteiger partial charge in [-0.2, -0.15) is 13.2 Å². The van der Waals surface area contributed by atoms with E-state index in [0.717, 1.165) is 34.5 Å². The molecular weight excluding hydrogens is 491 g/mol. The quantitative estimate of drug-likeness (QED) is 0.264. The van der Waals surface area contributed by atoms with E-state index < -0.39 is 23.1 Å². The van der Waals surface area contributed by atoms with Gasteiger partial charge in [0.1, 0.15) is 5.75 Å². The second kappa shape index (κ2) is 9.53. The zero-order valence-electron chi connectivity index (χ0n) is 21.6.